The van der Waals surface area contributed by atoms with Crippen LogP contribution in [0.3, 0.4) is 0 Å². The van der Waals surface area contributed by atoms with Gasteiger partial charge in [-0.2, -0.15) is 0 Å². The maximum atomic E-state index is 12.3. The van der Waals surface area contributed by atoms with Crippen LogP contribution >= 0.6 is 23.2 Å². The second kappa shape index (κ2) is 6.81. The van der Waals surface area contributed by atoms with Crippen molar-refractivity contribution in [1.82, 2.24) is 0 Å². The van der Waals surface area contributed by atoms with Gasteiger partial charge in [0.05, 0.1) is 6.42 Å². The van der Waals surface area contributed by atoms with Crippen LogP contribution in [0.4, 0.5) is 5.69 Å². The number of carbonyl (C=O) groups excluding carboxylic acids is 1. The third-order valence-corrected chi connectivity index (χ3v) is 4.27. The van der Waals surface area contributed by atoms with Crippen molar-refractivity contribution in [3.63, 3.8) is 0 Å². The number of aliphatic carboxylic acids is 1. The molecule has 1 aliphatic heterocycles. The third kappa shape index (κ3) is 3.38. The molecular weight excluding hydrogens is 353 g/mol. The van der Waals surface area contributed by atoms with E-state index in [0.29, 0.717) is 26.9 Å². The molecule has 7 heteroatoms. The summed E-state index contributed by atoms with van der Waals surface area (Å²) in [6.45, 7) is 0. The predicted octanol–water partition coefficient (Wildman–Crippen LogP) is 3.89. The number of carboxylic acid groups (broad SMARTS) is 1. The van der Waals surface area contributed by atoms with Gasteiger partial charge in [-0.25, -0.2) is 0 Å². The van der Waals surface area contributed by atoms with Crippen LogP contribution in [0.25, 0.3) is 0 Å². The lowest BCUT2D eigenvalue weighted by Crippen LogP contribution is -2.31. The molecule has 0 aliphatic carbocycles. The number of amides is 1. The van der Waals surface area contributed by atoms with Crippen molar-refractivity contribution in [2.45, 2.75) is 18.6 Å². The van der Waals surface area contributed by atoms with E-state index in [9.17, 15) is 9.59 Å². The number of carboxylic acids is 1. The summed E-state index contributed by atoms with van der Waals surface area (Å²) in [5.74, 6) is -1.65. The van der Waals surface area contributed by atoms with E-state index in [1.807, 2.05) is 0 Å². The van der Waals surface area contributed by atoms with Crippen molar-refractivity contribution >= 4 is 40.8 Å². The minimum absolute atomic E-state index is 0.450. The number of halogens is 2. The van der Waals surface area contributed by atoms with Gasteiger partial charge in [0.25, 0.3) is 5.91 Å². The van der Waals surface area contributed by atoms with Crippen LogP contribution < -0.4 is 5.32 Å². The van der Waals surface area contributed by atoms with E-state index in [1.54, 1.807) is 42.5 Å². The molecule has 5 nitrogen and oxygen atoms in total. The van der Waals surface area contributed by atoms with Crippen LogP contribution in [0.5, 0.6) is 0 Å². The van der Waals surface area contributed by atoms with Gasteiger partial charge < -0.3 is 15.2 Å². The number of carbonyl (C=O) groups is 2. The van der Waals surface area contributed by atoms with Gasteiger partial charge in [-0.1, -0.05) is 41.4 Å². The average Bonchev–Trinajstić information content (AvgIpc) is 2.65. The standard InChI is InChI=1S/C17H13Cl2NO4/c18-9-5-6-13-11(7-9)16(10-3-1-2-4-12(10)19)24-14(8-15(21)22)17(23)20-13/h1-7,14,16H,8H2,(H,20,23)(H,21,22). The van der Waals surface area contributed by atoms with Crippen LogP contribution in [0.1, 0.15) is 23.7 Å². The number of nitrogens with one attached hydrogen (secondary N) is 1. The lowest BCUT2D eigenvalue weighted by Gasteiger charge is -2.22. The monoisotopic (exact) mass is 365 g/mol. The summed E-state index contributed by atoms with van der Waals surface area (Å²) in [7, 11) is 0. The molecule has 1 aliphatic rings. The highest BCUT2D eigenvalue weighted by molar-refractivity contribution is 6.31. The summed E-state index contributed by atoms with van der Waals surface area (Å²) < 4.78 is 5.85. The molecule has 1 amide bonds. The van der Waals surface area contributed by atoms with Gasteiger partial charge in [0, 0.05) is 26.9 Å². The van der Waals surface area contributed by atoms with E-state index in [4.69, 9.17) is 33.0 Å². The van der Waals surface area contributed by atoms with Gasteiger partial charge in [0.2, 0.25) is 0 Å². The van der Waals surface area contributed by atoms with Gasteiger partial charge in [-0.3, -0.25) is 9.59 Å². The Balaban J connectivity index is 2.12. The maximum Gasteiger partial charge on any atom is 0.306 e. The zero-order valence-electron chi connectivity index (χ0n) is 12.3. The van der Waals surface area contributed by atoms with E-state index in [0.717, 1.165) is 0 Å². The van der Waals surface area contributed by atoms with Crippen LogP contribution in [0, 0.1) is 0 Å². The molecule has 0 fully saturated rings. The number of ether oxygens (including phenoxy) is 1. The molecule has 2 atom stereocenters. The molecule has 1 heterocycles. The summed E-state index contributed by atoms with van der Waals surface area (Å²) in [4.78, 5) is 23.3. The second-order valence-corrected chi connectivity index (χ2v) is 6.19. The predicted molar refractivity (Wildman–Crippen MR) is 90.5 cm³/mol. The fourth-order valence-electron chi connectivity index (χ4n) is 2.60. The Labute approximate surface area is 148 Å². The molecule has 2 unspecified atom stereocenters. The molecule has 2 aromatic rings. The normalized spacial score (nSPS) is 20.0. The number of benzene rings is 2. The molecule has 24 heavy (non-hydrogen) atoms. The quantitative estimate of drug-likeness (QED) is 0.864. The molecule has 0 radical (unpaired) electrons. The fraction of sp³-hybridized carbons (Fsp3) is 0.176. The first-order chi connectivity index (χ1) is 11.5. The molecule has 2 aromatic carbocycles. The number of fused-ring (bicyclic) bond motifs is 1. The summed E-state index contributed by atoms with van der Waals surface area (Å²) in [6, 6.07) is 12.0. The summed E-state index contributed by atoms with van der Waals surface area (Å²) >= 11 is 12.4. The third-order valence-electron chi connectivity index (χ3n) is 3.69. The van der Waals surface area contributed by atoms with Gasteiger partial charge in [0.1, 0.15) is 12.2 Å². The lowest BCUT2D eigenvalue weighted by atomic mass is 9.99. The highest BCUT2D eigenvalue weighted by atomic mass is 35.5. The minimum atomic E-state index is -1.14. The number of anilines is 1. The van der Waals surface area contributed by atoms with E-state index >= 15 is 0 Å². The zero-order valence-corrected chi connectivity index (χ0v) is 13.8. The van der Waals surface area contributed by atoms with E-state index in [-0.39, 0.29) is 0 Å². The van der Waals surface area contributed by atoms with Gasteiger partial charge in [-0.05, 0) is 24.3 Å². The molecule has 124 valence electrons. The molecular formula is C17H13Cl2NO4. The summed E-state index contributed by atoms with van der Waals surface area (Å²) in [5, 5.41) is 12.7. The van der Waals surface area contributed by atoms with Crippen LogP contribution in [0.15, 0.2) is 42.5 Å². The Morgan fingerprint density at radius 2 is 1.92 bits per heavy atom. The molecule has 0 aromatic heterocycles. The first kappa shape index (κ1) is 16.8. The van der Waals surface area contributed by atoms with E-state index < -0.39 is 30.5 Å². The van der Waals surface area contributed by atoms with Gasteiger partial charge in [0.15, 0.2) is 0 Å². The first-order valence-corrected chi connectivity index (χ1v) is 7.93. The van der Waals surface area contributed by atoms with Gasteiger partial charge in [-0.15, -0.1) is 0 Å². The molecule has 0 saturated carbocycles. The Hall–Kier alpha value is -2.08. The Kier molecular flexibility index (Phi) is 4.76. The fourth-order valence-corrected chi connectivity index (χ4v) is 3.02. The van der Waals surface area contributed by atoms with Gasteiger partial charge >= 0.3 is 5.97 Å². The molecule has 0 bridgehead atoms. The maximum absolute atomic E-state index is 12.3. The number of rotatable bonds is 3. The summed E-state index contributed by atoms with van der Waals surface area (Å²) in [6.07, 6.45) is -2.31. The Bertz CT molecular complexity index is 809. The molecule has 0 saturated heterocycles. The second-order valence-electron chi connectivity index (χ2n) is 5.34. The number of hydrogen-bond acceptors (Lipinski definition) is 3. The summed E-state index contributed by atoms with van der Waals surface area (Å²) in [5.41, 5.74) is 1.77. The Morgan fingerprint density at radius 3 is 2.62 bits per heavy atom. The van der Waals surface area contributed by atoms with E-state index in [1.165, 1.54) is 0 Å². The van der Waals surface area contributed by atoms with Crippen molar-refractivity contribution in [2.24, 2.45) is 0 Å². The molecule has 2 N–H and O–H groups in total. The molecule has 0 spiro atoms. The SMILES string of the molecule is O=C(O)CC1OC(c2ccccc2Cl)c2cc(Cl)ccc2NC1=O. The topological polar surface area (TPSA) is 75.6 Å². The van der Waals surface area contributed by atoms with Crippen LogP contribution in [0.2, 0.25) is 10.0 Å². The van der Waals surface area contributed by atoms with Crippen molar-refractivity contribution in [2.75, 3.05) is 5.32 Å². The lowest BCUT2D eigenvalue weighted by molar-refractivity contribution is -0.146. The zero-order chi connectivity index (χ0) is 17.3. The van der Waals surface area contributed by atoms with Crippen LogP contribution in [-0.4, -0.2) is 23.1 Å². The Morgan fingerprint density at radius 1 is 1.17 bits per heavy atom. The highest BCUT2D eigenvalue weighted by Crippen LogP contribution is 2.39. The first-order valence-electron chi connectivity index (χ1n) is 7.17. The highest BCUT2D eigenvalue weighted by Gasteiger charge is 2.33. The van der Waals surface area contributed by atoms with E-state index in [2.05, 4.69) is 5.32 Å². The van der Waals surface area contributed by atoms with Crippen molar-refractivity contribution in [3.8, 4) is 0 Å². The largest absolute Gasteiger partial charge is 0.481 e. The van der Waals surface area contributed by atoms with Crippen LogP contribution in [-0.2, 0) is 14.3 Å². The molecule has 3 rings (SSSR count). The van der Waals surface area contributed by atoms with Crippen molar-refractivity contribution in [1.29, 1.82) is 0 Å². The minimum Gasteiger partial charge on any atom is -0.481 e. The number of hydrogen-bond donors (Lipinski definition) is 2. The van der Waals surface area contributed by atoms with Crippen molar-refractivity contribution in [3.05, 3.63) is 63.6 Å². The van der Waals surface area contributed by atoms with Crippen molar-refractivity contribution < 1.29 is 19.4 Å². The smallest absolute Gasteiger partial charge is 0.306 e. The average molecular weight is 366 g/mol.